The molecular formula is C18H22F2N4O. The quantitative estimate of drug-likeness (QED) is 0.922. The maximum absolute atomic E-state index is 13.9. The first-order valence-electron chi connectivity index (χ1n) is 8.46. The van der Waals surface area contributed by atoms with Crippen molar-refractivity contribution in [1.29, 1.82) is 0 Å². The monoisotopic (exact) mass is 348 g/mol. The molecule has 1 aromatic heterocycles. The summed E-state index contributed by atoms with van der Waals surface area (Å²) in [6.45, 7) is 4.81. The lowest BCUT2D eigenvalue weighted by molar-refractivity contribution is 0.160. The number of carbonyl (C=O) groups excluding carboxylic acids is 1. The Kier molecular flexibility index (Phi) is 5.01. The average Bonchev–Trinajstić information content (AvgIpc) is 3.04. The van der Waals surface area contributed by atoms with E-state index in [0.717, 1.165) is 24.5 Å². The molecule has 0 aliphatic carbocycles. The van der Waals surface area contributed by atoms with Crippen LogP contribution in [0.1, 0.15) is 43.0 Å². The molecule has 0 unspecified atom stereocenters. The molecule has 1 aliphatic heterocycles. The van der Waals surface area contributed by atoms with Crippen LogP contribution in [0.3, 0.4) is 0 Å². The van der Waals surface area contributed by atoms with Crippen molar-refractivity contribution < 1.29 is 13.6 Å². The number of aryl methyl sites for hydroxylation is 1. The van der Waals surface area contributed by atoms with E-state index in [1.807, 2.05) is 17.8 Å². The molecule has 1 fully saturated rings. The van der Waals surface area contributed by atoms with Gasteiger partial charge in [-0.05, 0) is 38.3 Å². The molecule has 3 rings (SSSR count). The molecule has 0 radical (unpaired) electrons. The Hall–Kier alpha value is -2.44. The van der Waals surface area contributed by atoms with E-state index < -0.39 is 17.7 Å². The highest BCUT2D eigenvalue weighted by Gasteiger charge is 2.26. The molecule has 1 aromatic carbocycles. The van der Waals surface area contributed by atoms with Crippen molar-refractivity contribution in [3.63, 3.8) is 0 Å². The number of benzene rings is 1. The zero-order chi connectivity index (χ0) is 18.0. The number of rotatable bonds is 3. The Morgan fingerprint density at radius 3 is 2.92 bits per heavy atom. The van der Waals surface area contributed by atoms with E-state index in [2.05, 4.69) is 10.4 Å². The molecule has 2 heterocycles. The van der Waals surface area contributed by atoms with E-state index in [4.69, 9.17) is 0 Å². The zero-order valence-corrected chi connectivity index (χ0v) is 14.4. The average molecular weight is 348 g/mol. The van der Waals surface area contributed by atoms with Gasteiger partial charge in [0.05, 0.1) is 18.3 Å². The molecular weight excluding hydrogens is 326 g/mol. The van der Waals surface area contributed by atoms with E-state index in [1.165, 1.54) is 12.1 Å². The van der Waals surface area contributed by atoms with Crippen LogP contribution in [0.15, 0.2) is 30.6 Å². The van der Waals surface area contributed by atoms with E-state index in [-0.39, 0.29) is 17.6 Å². The zero-order valence-electron chi connectivity index (χ0n) is 14.4. The number of urea groups is 1. The molecule has 0 bridgehead atoms. The number of nitrogens with one attached hydrogen (secondary N) is 1. The predicted octanol–water partition coefficient (Wildman–Crippen LogP) is 3.58. The highest BCUT2D eigenvalue weighted by Crippen LogP contribution is 2.23. The Bertz CT molecular complexity index is 761. The maximum atomic E-state index is 13.9. The third-order valence-corrected chi connectivity index (χ3v) is 4.58. The van der Waals surface area contributed by atoms with Crippen LogP contribution in [0.4, 0.5) is 13.6 Å². The van der Waals surface area contributed by atoms with Gasteiger partial charge in [0.2, 0.25) is 0 Å². The first kappa shape index (κ1) is 17.4. The van der Waals surface area contributed by atoms with Crippen LogP contribution in [-0.4, -0.2) is 33.8 Å². The van der Waals surface area contributed by atoms with Gasteiger partial charge in [-0.3, -0.25) is 4.68 Å². The van der Waals surface area contributed by atoms with Gasteiger partial charge in [0.25, 0.3) is 0 Å². The minimum atomic E-state index is -0.918. The van der Waals surface area contributed by atoms with Crippen molar-refractivity contribution in [1.82, 2.24) is 20.0 Å². The lowest BCUT2D eigenvalue weighted by Crippen LogP contribution is -2.46. The molecule has 134 valence electrons. The lowest BCUT2D eigenvalue weighted by Gasteiger charge is -2.33. The number of hydrogen-bond acceptors (Lipinski definition) is 2. The molecule has 1 N–H and O–H groups in total. The predicted molar refractivity (Wildman–Crippen MR) is 90.1 cm³/mol. The van der Waals surface area contributed by atoms with E-state index in [0.29, 0.717) is 13.1 Å². The van der Waals surface area contributed by atoms with Gasteiger partial charge in [-0.15, -0.1) is 0 Å². The van der Waals surface area contributed by atoms with Crippen LogP contribution in [0, 0.1) is 18.6 Å². The van der Waals surface area contributed by atoms with Crippen molar-refractivity contribution in [2.24, 2.45) is 0 Å². The van der Waals surface area contributed by atoms with Crippen molar-refractivity contribution >= 4 is 6.03 Å². The van der Waals surface area contributed by atoms with Gasteiger partial charge in [0.15, 0.2) is 11.6 Å². The number of carbonyl (C=O) groups is 1. The molecule has 0 spiro atoms. The highest BCUT2D eigenvalue weighted by molar-refractivity contribution is 5.74. The molecule has 1 saturated heterocycles. The SMILES string of the molecule is Cc1cnn([C@H]2CCCN(C(=O)N[C@H](C)c3cccc(F)c3F)C2)c1. The molecule has 1 aliphatic rings. The van der Waals surface area contributed by atoms with Gasteiger partial charge in [-0.1, -0.05) is 12.1 Å². The van der Waals surface area contributed by atoms with E-state index in [1.54, 1.807) is 18.0 Å². The molecule has 7 heteroatoms. The summed E-state index contributed by atoms with van der Waals surface area (Å²) in [5, 5.41) is 7.09. The number of hydrogen-bond donors (Lipinski definition) is 1. The van der Waals surface area contributed by atoms with Crippen molar-refractivity contribution in [2.45, 2.75) is 38.8 Å². The summed E-state index contributed by atoms with van der Waals surface area (Å²) >= 11 is 0. The van der Waals surface area contributed by atoms with Crippen LogP contribution in [0.25, 0.3) is 0 Å². The Morgan fingerprint density at radius 2 is 2.20 bits per heavy atom. The lowest BCUT2D eigenvalue weighted by atomic mass is 10.1. The molecule has 5 nitrogen and oxygen atoms in total. The second kappa shape index (κ2) is 7.21. The maximum Gasteiger partial charge on any atom is 0.317 e. The Balaban J connectivity index is 1.65. The Morgan fingerprint density at radius 1 is 1.40 bits per heavy atom. The van der Waals surface area contributed by atoms with Crippen LogP contribution < -0.4 is 5.32 Å². The van der Waals surface area contributed by atoms with Crippen LogP contribution in [-0.2, 0) is 0 Å². The third kappa shape index (κ3) is 3.81. The number of piperidine rings is 1. The number of nitrogens with zero attached hydrogens (tertiary/aromatic N) is 3. The normalized spacial score (nSPS) is 18.9. The van der Waals surface area contributed by atoms with Gasteiger partial charge in [0.1, 0.15) is 0 Å². The molecule has 2 atom stereocenters. The fraction of sp³-hybridized carbons (Fsp3) is 0.444. The van der Waals surface area contributed by atoms with Crippen LogP contribution in [0.5, 0.6) is 0 Å². The van der Waals surface area contributed by atoms with Gasteiger partial charge in [0, 0.05) is 24.8 Å². The first-order valence-corrected chi connectivity index (χ1v) is 8.46. The first-order chi connectivity index (χ1) is 12.0. The van der Waals surface area contributed by atoms with Gasteiger partial charge >= 0.3 is 6.03 Å². The Labute approximate surface area is 145 Å². The molecule has 0 saturated carbocycles. The largest absolute Gasteiger partial charge is 0.331 e. The third-order valence-electron chi connectivity index (χ3n) is 4.58. The fourth-order valence-electron chi connectivity index (χ4n) is 3.20. The summed E-state index contributed by atoms with van der Waals surface area (Å²) in [4.78, 5) is 14.2. The minimum Gasteiger partial charge on any atom is -0.331 e. The van der Waals surface area contributed by atoms with Crippen molar-refractivity contribution in [3.05, 3.63) is 53.4 Å². The fourth-order valence-corrected chi connectivity index (χ4v) is 3.20. The van der Waals surface area contributed by atoms with E-state index >= 15 is 0 Å². The number of likely N-dealkylation sites (tertiary alicyclic amines) is 1. The van der Waals surface area contributed by atoms with Gasteiger partial charge < -0.3 is 10.2 Å². The van der Waals surface area contributed by atoms with Crippen molar-refractivity contribution in [2.75, 3.05) is 13.1 Å². The van der Waals surface area contributed by atoms with E-state index in [9.17, 15) is 13.6 Å². The summed E-state index contributed by atoms with van der Waals surface area (Å²) in [5.41, 5.74) is 1.22. The standard InChI is InChI=1S/C18H22F2N4O/c1-12-9-21-24(10-12)14-5-4-8-23(11-14)18(25)22-13(2)15-6-3-7-16(19)17(15)20/h3,6-7,9-10,13-14H,4-5,8,11H2,1-2H3,(H,22,25)/t13-,14+/m1/s1. The van der Waals surface area contributed by atoms with Crippen molar-refractivity contribution in [3.8, 4) is 0 Å². The van der Waals surface area contributed by atoms with Crippen LogP contribution >= 0.6 is 0 Å². The minimum absolute atomic E-state index is 0.134. The second-order valence-electron chi connectivity index (χ2n) is 6.55. The topological polar surface area (TPSA) is 50.2 Å². The summed E-state index contributed by atoms with van der Waals surface area (Å²) < 4.78 is 29.1. The highest BCUT2D eigenvalue weighted by atomic mass is 19.2. The number of halogens is 2. The number of aromatic nitrogens is 2. The van der Waals surface area contributed by atoms with Crippen LogP contribution in [0.2, 0.25) is 0 Å². The number of amides is 2. The summed E-state index contributed by atoms with van der Waals surface area (Å²) in [5.74, 6) is -1.83. The molecule has 2 amide bonds. The summed E-state index contributed by atoms with van der Waals surface area (Å²) in [6.07, 6.45) is 5.60. The summed E-state index contributed by atoms with van der Waals surface area (Å²) in [7, 11) is 0. The molecule has 25 heavy (non-hydrogen) atoms. The van der Waals surface area contributed by atoms with Gasteiger partial charge in [-0.2, -0.15) is 5.10 Å². The molecule has 2 aromatic rings. The second-order valence-corrected chi connectivity index (χ2v) is 6.55. The summed E-state index contributed by atoms with van der Waals surface area (Å²) in [6, 6.07) is 3.23. The smallest absolute Gasteiger partial charge is 0.317 e. The van der Waals surface area contributed by atoms with Gasteiger partial charge in [-0.25, -0.2) is 13.6 Å².